The van der Waals surface area contributed by atoms with Crippen LogP contribution in [0.4, 0.5) is 0 Å². The van der Waals surface area contributed by atoms with Crippen LogP contribution >= 0.6 is 24.8 Å². The lowest BCUT2D eigenvalue weighted by atomic mass is 10.0. The van der Waals surface area contributed by atoms with E-state index < -0.39 is 0 Å². The Morgan fingerprint density at radius 3 is 2.67 bits per heavy atom. The fourth-order valence-electron chi connectivity index (χ4n) is 3.17. The molecule has 7 nitrogen and oxygen atoms in total. The molecule has 3 rings (SSSR count). The third-order valence-corrected chi connectivity index (χ3v) is 4.69. The van der Waals surface area contributed by atoms with Crippen molar-refractivity contribution in [3.8, 4) is 11.4 Å². The van der Waals surface area contributed by atoms with Crippen LogP contribution in [-0.2, 0) is 11.2 Å². The summed E-state index contributed by atoms with van der Waals surface area (Å²) in [6, 6.07) is 3.90. The fraction of sp³-hybridized carbons (Fsp3) is 0.444. The average Bonchev–Trinajstić information content (AvgIpc) is 2.65. The monoisotopic (exact) mass is 413 g/mol. The van der Waals surface area contributed by atoms with Gasteiger partial charge in [-0.05, 0) is 38.9 Å². The minimum atomic E-state index is -0.255. The number of aryl methyl sites for hydroxylation is 1. The number of halogens is 2. The van der Waals surface area contributed by atoms with Gasteiger partial charge < -0.3 is 15.2 Å². The van der Waals surface area contributed by atoms with Crippen molar-refractivity contribution in [2.24, 2.45) is 0 Å². The highest BCUT2D eigenvalue weighted by Gasteiger charge is 2.24. The average molecular weight is 414 g/mol. The molecule has 27 heavy (non-hydrogen) atoms. The quantitative estimate of drug-likeness (QED) is 0.796. The van der Waals surface area contributed by atoms with Crippen molar-refractivity contribution in [1.82, 2.24) is 25.2 Å². The molecule has 1 aliphatic heterocycles. The van der Waals surface area contributed by atoms with Crippen molar-refractivity contribution in [3.63, 3.8) is 0 Å². The first kappa shape index (κ1) is 23.1. The van der Waals surface area contributed by atoms with Crippen molar-refractivity contribution >= 4 is 30.7 Å². The van der Waals surface area contributed by atoms with Gasteiger partial charge in [-0.3, -0.25) is 14.6 Å². The summed E-state index contributed by atoms with van der Waals surface area (Å²) in [5.41, 5.74) is 1.57. The Hall–Kier alpha value is -1.96. The maximum Gasteiger partial charge on any atom is 0.255 e. The molecule has 0 saturated carbocycles. The van der Waals surface area contributed by atoms with Crippen LogP contribution in [0.2, 0.25) is 0 Å². The number of hydrogen-bond donors (Lipinski definition) is 2. The lowest BCUT2D eigenvalue weighted by Crippen LogP contribution is -2.47. The van der Waals surface area contributed by atoms with Crippen LogP contribution in [0, 0.1) is 6.92 Å². The number of carbonyl (C=O) groups is 1. The topological polar surface area (TPSA) is 91.0 Å². The van der Waals surface area contributed by atoms with Crippen LogP contribution < -0.4 is 10.9 Å². The van der Waals surface area contributed by atoms with Crippen LogP contribution in [0.3, 0.4) is 0 Å². The summed E-state index contributed by atoms with van der Waals surface area (Å²) in [5.74, 6) is 0.473. The van der Waals surface area contributed by atoms with E-state index in [2.05, 4.69) is 20.3 Å². The van der Waals surface area contributed by atoms with E-state index in [1.807, 2.05) is 11.9 Å². The summed E-state index contributed by atoms with van der Waals surface area (Å²) >= 11 is 0. The largest absolute Gasteiger partial charge is 0.341 e. The zero-order valence-corrected chi connectivity index (χ0v) is 17.0. The minimum Gasteiger partial charge on any atom is -0.341 e. The highest BCUT2D eigenvalue weighted by molar-refractivity contribution is 5.85. The number of aromatic amines is 1. The highest BCUT2D eigenvalue weighted by Crippen LogP contribution is 2.15. The van der Waals surface area contributed by atoms with Gasteiger partial charge in [0.2, 0.25) is 5.91 Å². The molecule has 0 aromatic carbocycles. The Morgan fingerprint density at radius 1 is 1.33 bits per heavy atom. The van der Waals surface area contributed by atoms with Gasteiger partial charge in [0.15, 0.2) is 0 Å². The fourth-order valence-corrected chi connectivity index (χ4v) is 3.17. The SMILES string of the molecule is CNC1CCCN(C(=O)Cc2c(C)nc(-c3ccncc3)[nH]c2=O)C1.Cl.Cl. The number of aromatic nitrogens is 3. The lowest BCUT2D eigenvalue weighted by Gasteiger charge is -2.32. The molecule has 3 heterocycles. The standard InChI is InChI=1S/C18H23N5O2.2ClH/c1-12-15(10-16(24)23-9-3-4-14(11-23)19-2)18(25)22-17(21-12)13-5-7-20-8-6-13;;/h5-8,14,19H,3-4,9-11H2,1-2H3,(H,21,22,25);2*1H. The van der Waals surface area contributed by atoms with E-state index in [1.54, 1.807) is 31.5 Å². The zero-order valence-electron chi connectivity index (χ0n) is 15.4. The van der Waals surface area contributed by atoms with Gasteiger partial charge in [0.25, 0.3) is 5.56 Å². The van der Waals surface area contributed by atoms with Gasteiger partial charge in [-0.25, -0.2) is 4.98 Å². The van der Waals surface area contributed by atoms with Crippen LogP contribution in [-0.4, -0.2) is 51.9 Å². The minimum absolute atomic E-state index is 0. The van der Waals surface area contributed by atoms with E-state index in [9.17, 15) is 9.59 Å². The van der Waals surface area contributed by atoms with E-state index in [0.29, 0.717) is 29.7 Å². The summed E-state index contributed by atoms with van der Waals surface area (Å²) in [5, 5.41) is 3.22. The molecule has 1 saturated heterocycles. The molecule has 1 atom stereocenters. The predicted molar refractivity (Wildman–Crippen MR) is 110 cm³/mol. The van der Waals surface area contributed by atoms with Crippen LogP contribution in [0.25, 0.3) is 11.4 Å². The molecule has 1 fully saturated rings. The molecular formula is C18H25Cl2N5O2. The van der Waals surface area contributed by atoms with Crippen molar-refractivity contribution in [3.05, 3.63) is 46.1 Å². The van der Waals surface area contributed by atoms with Crippen LogP contribution in [0.15, 0.2) is 29.3 Å². The van der Waals surface area contributed by atoms with Crippen molar-refractivity contribution in [2.45, 2.75) is 32.2 Å². The highest BCUT2D eigenvalue weighted by atomic mass is 35.5. The normalized spacial score (nSPS) is 16.2. The van der Waals surface area contributed by atoms with Gasteiger partial charge in [-0.2, -0.15) is 0 Å². The van der Waals surface area contributed by atoms with Gasteiger partial charge >= 0.3 is 0 Å². The Balaban J connectivity index is 0.00000182. The first-order valence-electron chi connectivity index (χ1n) is 8.53. The number of nitrogens with one attached hydrogen (secondary N) is 2. The number of amides is 1. The molecule has 0 spiro atoms. The Kier molecular flexibility index (Phi) is 8.88. The van der Waals surface area contributed by atoms with Crippen LogP contribution in [0.5, 0.6) is 0 Å². The Bertz CT molecular complexity index is 813. The molecule has 1 unspecified atom stereocenters. The molecule has 1 aliphatic rings. The van der Waals surface area contributed by atoms with Crippen molar-refractivity contribution < 1.29 is 4.79 Å². The van der Waals surface area contributed by atoms with E-state index >= 15 is 0 Å². The summed E-state index contributed by atoms with van der Waals surface area (Å²) in [7, 11) is 1.91. The number of piperidine rings is 1. The second kappa shape index (κ2) is 10.4. The van der Waals surface area contributed by atoms with Gasteiger partial charge in [0, 0.05) is 48.3 Å². The van der Waals surface area contributed by atoms with E-state index in [0.717, 1.165) is 24.9 Å². The van der Waals surface area contributed by atoms with Gasteiger partial charge in [-0.15, -0.1) is 24.8 Å². The van der Waals surface area contributed by atoms with Gasteiger partial charge in [0.05, 0.1) is 6.42 Å². The molecular weight excluding hydrogens is 389 g/mol. The number of hydrogen-bond acceptors (Lipinski definition) is 5. The summed E-state index contributed by atoms with van der Waals surface area (Å²) in [4.78, 5) is 38.1. The molecule has 0 bridgehead atoms. The number of likely N-dealkylation sites (N-methyl/N-ethyl adjacent to an activating group) is 1. The molecule has 2 N–H and O–H groups in total. The van der Waals surface area contributed by atoms with Crippen molar-refractivity contribution in [1.29, 1.82) is 0 Å². The molecule has 2 aromatic heterocycles. The summed E-state index contributed by atoms with van der Waals surface area (Å²) in [6.07, 6.45) is 5.43. The van der Waals surface area contributed by atoms with Gasteiger partial charge in [0.1, 0.15) is 5.82 Å². The Morgan fingerprint density at radius 2 is 2.04 bits per heavy atom. The first-order chi connectivity index (χ1) is 12.1. The lowest BCUT2D eigenvalue weighted by molar-refractivity contribution is -0.131. The number of carbonyl (C=O) groups excluding carboxylic acids is 1. The number of pyridine rings is 1. The second-order valence-corrected chi connectivity index (χ2v) is 6.36. The molecule has 2 aromatic rings. The maximum atomic E-state index is 12.6. The third kappa shape index (κ3) is 5.51. The summed E-state index contributed by atoms with van der Waals surface area (Å²) in [6.45, 7) is 3.21. The second-order valence-electron chi connectivity index (χ2n) is 6.36. The first-order valence-corrected chi connectivity index (χ1v) is 8.53. The number of nitrogens with zero attached hydrogens (tertiary/aromatic N) is 3. The molecule has 1 amide bonds. The van der Waals surface area contributed by atoms with Crippen molar-refractivity contribution in [2.75, 3.05) is 20.1 Å². The number of likely N-dealkylation sites (tertiary alicyclic amines) is 1. The zero-order chi connectivity index (χ0) is 17.8. The van der Waals surface area contributed by atoms with Crippen LogP contribution in [0.1, 0.15) is 24.1 Å². The smallest absolute Gasteiger partial charge is 0.255 e. The van der Waals surface area contributed by atoms with E-state index in [-0.39, 0.29) is 42.7 Å². The molecule has 9 heteroatoms. The maximum absolute atomic E-state index is 12.6. The van der Waals surface area contributed by atoms with E-state index in [4.69, 9.17) is 0 Å². The third-order valence-electron chi connectivity index (χ3n) is 4.69. The van der Waals surface area contributed by atoms with Gasteiger partial charge in [-0.1, -0.05) is 0 Å². The molecule has 0 aliphatic carbocycles. The Labute approximate surface area is 170 Å². The molecule has 0 radical (unpaired) electrons. The number of H-pyrrole nitrogens is 1. The number of rotatable bonds is 4. The predicted octanol–water partition coefficient (Wildman–Crippen LogP) is 1.74. The van der Waals surface area contributed by atoms with E-state index in [1.165, 1.54) is 0 Å². The summed E-state index contributed by atoms with van der Waals surface area (Å²) < 4.78 is 0. The molecule has 148 valence electrons.